The Balaban J connectivity index is 0.00000280. The highest BCUT2D eigenvalue weighted by molar-refractivity contribution is 14.0. The van der Waals surface area contributed by atoms with Gasteiger partial charge in [-0.15, -0.1) is 35.3 Å². The number of aliphatic imine (C=N–C) groups is 1. The lowest BCUT2D eigenvalue weighted by molar-refractivity contribution is 0.329. The number of nitrogens with zero attached hydrogens (tertiary/aromatic N) is 2. The van der Waals surface area contributed by atoms with Crippen LogP contribution in [-0.4, -0.2) is 50.1 Å². The summed E-state index contributed by atoms with van der Waals surface area (Å²) in [4.78, 5) is 8.85. The van der Waals surface area contributed by atoms with Gasteiger partial charge in [-0.3, -0.25) is 4.99 Å². The molecule has 1 atom stereocenters. The summed E-state index contributed by atoms with van der Waals surface area (Å²) in [5.74, 6) is 1.63. The first-order valence-corrected chi connectivity index (χ1v) is 11.0. The highest BCUT2D eigenvalue weighted by Gasteiger charge is 2.21. The average Bonchev–Trinajstić information content (AvgIpc) is 3.37. The molecule has 2 aromatic rings. The third-order valence-corrected chi connectivity index (χ3v) is 5.96. The van der Waals surface area contributed by atoms with Crippen molar-refractivity contribution in [2.24, 2.45) is 10.9 Å². The van der Waals surface area contributed by atoms with Gasteiger partial charge in [0.05, 0.1) is 0 Å². The Hall–Kier alpha value is -1.12. The minimum atomic E-state index is 0. The minimum Gasteiger partial charge on any atom is -0.357 e. The molecule has 0 aliphatic carbocycles. The number of hydrogen-bond acceptors (Lipinski definition) is 3. The van der Waals surface area contributed by atoms with E-state index in [0.717, 1.165) is 45.0 Å². The fourth-order valence-corrected chi connectivity index (χ4v) is 4.23. The van der Waals surface area contributed by atoms with E-state index in [1.165, 1.54) is 30.0 Å². The molecule has 6 heteroatoms. The molecule has 4 nitrogen and oxygen atoms in total. The fourth-order valence-electron chi connectivity index (χ4n) is 3.52. The van der Waals surface area contributed by atoms with Crippen LogP contribution in [0.1, 0.15) is 23.8 Å². The van der Waals surface area contributed by atoms with Crippen LogP contribution in [0.5, 0.6) is 0 Å². The lowest BCUT2D eigenvalue weighted by atomic mass is 10.1. The van der Waals surface area contributed by atoms with Gasteiger partial charge in [-0.25, -0.2) is 0 Å². The first-order valence-electron chi connectivity index (χ1n) is 10.1. The van der Waals surface area contributed by atoms with Crippen molar-refractivity contribution in [1.29, 1.82) is 0 Å². The van der Waals surface area contributed by atoms with Gasteiger partial charge < -0.3 is 15.5 Å². The summed E-state index contributed by atoms with van der Waals surface area (Å²) < 4.78 is 0. The van der Waals surface area contributed by atoms with Crippen molar-refractivity contribution in [1.82, 2.24) is 15.5 Å². The summed E-state index contributed by atoms with van der Waals surface area (Å²) in [6, 6.07) is 15.1. The van der Waals surface area contributed by atoms with Crippen LogP contribution >= 0.6 is 35.3 Å². The smallest absolute Gasteiger partial charge is 0.191 e. The lowest BCUT2D eigenvalue weighted by Gasteiger charge is -2.16. The van der Waals surface area contributed by atoms with Crippen LogP contribution in [0.15, 0.2) is 52.8 Å². The molecule has 1 unspecified atom stereocenters. The second-order valence-corrected chi connectivity index (χ2v) is 8.20. The van der Waals surface area contributed by atoms with E-state index in [9.17, 15) is 0 Å². The Morgan fingerprint density at radius 3 is 2.75 bits per heavy atom. The summed E-state index contributed by atoms with van der Waals surface area (Å²) in [6.45, 7) is 8.40. The maximum absolute atomic E-state index is 4.84. The Bertz CT molecular complexity index is 675. The zero-order chi connectivity index (χ0) is 18.7. The quantitative estimate of drug-likeness (QED) is 0.303. The van der Waals surface area contributed by atoms with Crippen molar-refractivity contribution in [2.45, 2.75) is 26.2 Å². The van der Waals surface area contributed by atoms with Gasteiger partial charge in [0.1, 0.15) is 0 Å². The Morgan fingerprint density at radius 2 is 2.00 bits per heavy atom. The molecule has 0 amide bonds. The van der Waals surface area contributed by atoms with Gasteiger partial charge in [-0.1, -0.05) is 36.4 Å². The molecule has 0 radical (unpaired) electrons. The van der Waals surface area contributed by atoms with E-state index < -0.39 is 0 Å². The number of rotatable bonds is 9. The van der Waals surface area contributed by atoms with Crippen LogP contribution < -0.4 is 10.6 Å². The van der Waals surface area contributed by atoms with Crippen LogP contribution in [0.2, 0.25) is 0 Å². The van der Waals surface area contributed by atoms with Crippen LogP contribution in [0, 0.1) is 5.92 Å². The molecule has 1 aromatic heterocycles. The molecule has 1 aliphatic heterocycles. The standard InChI is InChI=1S/C22H32N4S.HI/c1-2-23-22(24-13-10-21-9-6-16-27-21)25-17-20-12-15-26(18-20)14-11-19-7-4-3-5-8-19;/h3-9,16,20H,2,10-15,17-18H2,1H3,(H2,23,24,25);1H. The third kappa shape index (κ3) is 8.09. The van der Waals surface area contributed by atoms with E-state index in [0.29, 0.717) is 5.92 Å². The van der Waals surface area contributed by atoms with Crippen LogP contribution in [0.25, 0.3) is 0 Å². The summed E-state index contributed by atoms with van der Waals surface area (Å²) in [7, 11) is 0. The highest BCUT2D eigenvalue weighted by atomic mass is 127. The normalized spacial score (nSPS) is 17.3. The van der Waals surface area contributed by atoms with E-state index >= 15 is 0 Å². The molecule has 0 bridgehead atoms. The number of benzene rings is 1. The topological polar surface area (TPSA) is 39.7 Å². The van der Waals surface area contributed by atoms with E-state index in [1.54, 1.807) is 0 Å². The monoisotopic (exact) mass is 512 g/mol. The Morgan fingerprint density at radius 1 is 1.14 bits per heavy atom. The molecule has 1 aliphatic rings. The van der Waals surface area contributed by atoms with Gasteiger partial charge >= 0.3 is 0 Å². The van der Waals surface area contributed by atoms with E-state index in [2.05, 4.69) is 70.3 Å². The number of hydrogen-bond donors (Lipinski definition) is 2. The van der Waals surface area contributed by atoms with E-state index in [4.69, 9.17) is 4.99 Å². The Labute approximate surface area is 190 Å². The van der Waals surface area contributed by atoms with Crippen LogP contribution in [0.4, 0.5) is 0 Å². The molecule has 1 saturated heterocycles. The predicted octanol–water partition coefficient (Wildman–Crippen LogP) is 4.03. The van der Waals surface area contributed by atoms with Crippen LogP contribution in [-0.2, 0) is 12.8 Å². The predicted molar refractivity (Wildman–Crippen MR) is 132 cm³/mol. The molecule has 28 heavy (non-hydrogen) atoms. The fraction of sp³-hybridized carbons (Fsp3) is 0.500. The molecule has 2 heterocycles. The average molecular weight is 513 g/mol. The zero-order valence-electron chi connectivity index (χ0n) is 16.8. The summed E-state index contributed by atoms with van der Waals surface area (Å²) in [5, 5.41) is 8.98. The molecule has 2 N–H and O–H groups in total. The molecule has 3 rings (SSSR count). The maximum atomic E-state index is 4.84. The van der Waals surface area contributed by atoms with Crippen molar-refractivity contribution in [3.8, 4) is 0 Å². The maximum Gasteiger partial charge on any atom is 0.191 e. The van der Waals surface area contributed by atoms with E-state index in [-0.39, 0.29) is 24.0 Å². The van der Waals surface area contributed by atoms with Crippen molar-refractivity contribution in [3.05, 3.63) is 58.3 Å². The van der Waals surface area contributed by atoms with Gasteiger partial charge in [0, 0.05) is 37.6 Å². The molecular weight excluding hydrogens is 479 g/mol. The van der Waals surface area contributed by atoms with Crippen LogP contribution in [0.3, 0.4) is 0 Å². The SMILES string of the molecule is CCNC(=NCC1CCN(CCc2ccccc2)C1)NCCc1cccs1.I. The first kappa shape index (κ1) is 23.2. The zero-order valence-corrected chi connectivity index (χ0v) is 19.9. The summed E-state index contributed by atoms with van der Waals surface area (Å²) >= 11 is 1.82. The van der Waals surface area contributed by atoms with Crippen molar-refractivity contribution < 1.29 is 0 Å². The molecule has 154 valence electrons. The number of nitrogens with one attached hydrogen (secondary N) is 2. The number of thiophene rings is 1. The summed E-state index contributed by atoms with van der Waals surface area (Å²) in [5.41, 5.74) is 1.43. The second-order valence-electron chi connectivity index (χ2n) is 7.17. The number of likely N-dealkylation sites (tertiary alicyclic amines) is 1. The van der Waals surface area contributed by atoms with Gasteiger partial charge in [0.15, 0.2) is 5.96 Å². The molecular formula is C22H33IN4S. The van der Waals surface area contributed by atoms with Gasteiger partial charge in [0.2, 0.25) is 0 Å². The second kappa shape index (κ2) is 13.2. The number of halogens is 1. The molecule has 1 aromatic carbocycles. The highest BCUT2D eigenvalue weighted by Crippen LogP contribution is 2.17. The van der Waals surface area contributed by atoms with Gasteiger partial charge in [0.25, 0.3) is 0 Å². The third-order valence-electron chi connectivity index (χ3n) is 5.03. The van der Waals surface area contributed by atoms with Gasteiger partial charge in [-0.05, 0) is 55.7 Å². The van der Waals surface area contributed by atoms with Crippen molar-refractivity contribution >= 4 is 41.3 Å². The van der Waals surface area contributed by atoms with Crippen molar-refractivity contribution in [3.63, 3.8) is 0 Å². The largest absolute Gasteiger partial charge is 0.357 e. The first-order chi connectivity index (χ1) is 13.3. The Kier molecular flexibility index (Phi) is 10.9. The lowest BCUT2D eigenvalue weighted by Crippen LogP contribution is -2.38. The molecule has 0 saturated carbocycles. The van der Waals surface area contributed by atoms with Crippen molar-refractivity contribution in [2.75, 3.05) is 39.3 Å². The molecule has 1 fully saturated rings. The number of guanidine groups is 1. The van der Waals surface area contributed by atoms with E-state index in [1.807, 2.05) is 11.3 Å². The van der Waals surface area contributed by atoms with Gasteiger partial charge in [-0.2, -0.15) is 0 Å². The molecule has 0 spiro atoms. The summed E-state index contributed by atoms with van der Waals surface area (Å²) in [6.07, 6.45) is 3.45. The minimum absolute atomic E-state index is 0.